The summed E-state index contributed by atoms with van der Waals surface area (Å²) in [6, 6.07) is 5.46. The summed E-state index contributed by atoms with van der Waals surface area (Å²) < 4.78 is 23.5. The summed E-state index contributed by atoms with van der Waals surface area (Å²) in [6.45, 7) is 0. The van der Waals surface area contributed by atoms with Crippen LogP contribution in [-0.4, -0.2) is 30.7 Å². The van der Waals surface area contributed by atoms with Gasteiger partial charge in [-0.3, -0.25) is 0 Å². The van der Waals surface area contributed by atoms with Gasteiger partial charge in [-0.25, -0.2) is 18.4 Å². The largest absolute Gasteiger partial charge is 0.367 e. The van der Waals surface area contributed by atoms with Crippen molar-refractivity contribution >= 4 is 26.6 Å². The fraction of sp³-hybridized carbons (Fsp3) is 0.500. The number of anilines is 1. The fourth-order valence-electron chi connectivity index (χ4n) is 3.75. The first-order valence-corrected chi connectivity index (χ1v) is 9.56. The van der Waals surface area contributed by atoms with Crippen molar-refractivity contribution < 1.29 is 8.42 Å². The van der Waals surface area contributed by atoms with Gasteiger partial charge in [-0.15, -0.1) is 0 Å². The van der Waals surface area contributed by atoms with E-state index in [9.17, 15) is 8.42 Å². The number of benzene rings is 1. The zero-order chi connectivity index (χ0) is 15.4. The summed E-state index contributed by atoms with van der Waals surface area (Å²) in [6.07, 6.45) is 9.22. The maximum atomic E-state index is 11.7. The van der Waals surface area contributed by atoms with Gasteiger partial charge < -0.3 is 5.32 Å². The summed E-state index contributed by atoms with van der Waals surface area (Å²) in [7, 11) is -3.23. The Morgan fingerprint density at radius 3 is 2.64 bits per heavy atom. The molecule has 1 spiro atoms. The highest BCUT2D eigenvalue weighted by Crippen LogP contribution is 2.56. The molecule has 6 heteroatoms. The molecule has 1 heterocycles. The number of rotatable bonds is 3. The molecule has 2 aromatic rings. The Morgan fingerprint density at radius 2 is 2.00 bits per heavy atom. The third-order valence-electron chi connectivity index (χ3n) is 5.15. The molecule has 4 rings (SSSR count). The number of hydrogen-bond donors (Lipinski definition) is 1. The van der Waals surface area contributed by atoms with E-state index >= 15 is 0 Å². The van der Waals surface area contributed by atoms with Crippen molar-refractivity contribution in [3.05, 3.63) is 24.5 Å². The Labute approximate surface area is 130 Å². The van der Waals surface area contributed by atoms with Crippen LogP contribution in [0.1, 0.15) is 32.1 Å². The van der Waals surface area contributed by atoms with Crippen molar-refractivity contribution in [2.45, 2.75) is 43.0 Å². The van der Waals surface area contributed by atoms with Crippen molar-refractivity contribution in [2.24, 2.45) is 5.41 Å². The summed E-state index contributed by atoms with van der Waals surface area (Å²) in [5, 5.41) is 4.26. The smallest absolute Gasteiger partial charge is 0.175 e. The first-order valence-electron chi connectivity index (χ1n) is 7.67. The molecule has 22 heavy (non-hydrogen) atoms. The summed E-state index contributed by atoms with van der Waals surface area (Å²) >= 11 is 0. The average molecular weight is 317 g/mol. The van der Waals surface area contributed by atoms with Crippen molar-refractivity contribution in [3.63, 3.8) is 0 Å². The van der Waals surface area contributed by atoms with E-state index in [-0.39, 0.29) is 0 Å². The van der Waals surface area contributed by atoms with Gasteiger partial charge >= 0.3 is 0 Å². The van der Waals surface area contributed by atoms with Crippen molar-refractivity contribution in [1.29, 1.82) is 0 Å². The van der Waals surface area contributed by atoms with Crippen LogP contribution in [0.3, 0.4) is 0 Å². The SMILES string of the molecule is CS(=O)(=O)c1ccc2ncnc(NC3CC4(CCC4)C3)c2c1. The highest BCUT2D eigenvalue weighted by molar-refractivity contribution is 7.90. The number of aromatic nitrogens is 2. The van der Waals surface area contributed by atoms with E-state index in [4.69, 9.17) is 0 Å². The predicted molar refractivity (Wildman–Crippen MR) is 85.6 cm³/mol. The van der Waals surface area contributed by atoms with Gasteiger partial charge in [-0.05, 0) is 49.3 Å². The van der Waals surface area contributed by atoms with E-state index in [0.29, 0.717) is 16.4 Å². The van der Waals surface area contributed by atoms with Crippen LogP contribution in [0.15, 0.2) is 29.4 Å². The van der Waals surface area contributed by atoms with E-state index in [1.807, 2.05) is 0 Å². The van der Waals surface area contributed by atoms with Crippen molar-refractivity contribution in [1.82, 2.24) is 9.97 Å². The predicted octanol–water partition coefficient (Wildman–Crippen LogP) is 2.78. The standard InChI is InChI=1S/C16H19N3O2S/c1-22(20,21)12-3-4-14-13(7-12)15(18-10-17-14)19-11-8-16(9-11)5-2-6-16/h3-4,7,10-11H,2,5-6,8-9H2,1H3,(H,17,18,19). The molecule has 2 aliphatic carbocycles. The van der Waals surface area contributed by atoms with Gasteiger partial charge in [0.1, 0.15) is 12.1 Å². The Hall–Kier alpha value is -1.69. The van der Waals surface area contributed by atoms with Crippen LogP contribution in [0.5, 0.6) is 0 Å². The van der Waals surface area contributed by atoms with E-state index in [0.717, 1.165) is 16.7 Å². The van der Waals surface area contributed by atoms with Crippen LogP contribution >= 0.6 is 0 Å². The fourth-order valence-corrected chi connectivity index (χ4v) is 4.39. The van der Waals surface area contributed by atoms with E-state index in [1.54, 1.807) is 18.2 Å². The highest BCUT2D eigenvalue weighted by atomic mass is 32.2. The highest BCUT2D eigenvalue weighted by Gasteiger charge is 2.48. The van der Waals surface area contributed by atoms with Gasteiger partial charge in [-0.2, -0.15) is 0 Å². The molecule has 0 aliphatic heterocycles. The second kappa shape index (κ2) is 4.65. The maximum Gasteiger partial charge on any atom is 0.175 e. The molecule has 1 aromatic carbocycles. The monoisotopic (exact) mass is 317 g/mol. The summed E-state index contributed by atoms with van der Waals surface area (Å²) in [4.78, 5) is 8.86. The van der Waals surface area contributed by atoms with Crippen LogP contribution < -0.4 is 5.32 Å². The van der Waals surface area contributed by atoms with Crippen LogP contribution in [-0.2, 0) is 9.84 Å². The van der Waals surface area contributed by atoms with E-state index in [2.05, 4.69) is 15.3 Å². The Kier molecular flexibility index (Phi) is 2.95. The van der Waals surface area contributed by atoms with Crippen LogP contribution in [0.2, 0.25) is 0 Å². The van der Waals surface area contributed by atoms with Crippen LogP contribution in [0.25, 0.3) is 10.9 Å². The molecule has 0 saturated heterocycles. The molecule has 2 saturated carbocycles. The first-order chi connectivity index (χ1) is 10.5. The minimum Gasteiger partial charge on any atom is -0.367 e. The molecule has 0 unspecified atom stereocenters. The Bertz CT molecular complexity index is 836. The van der Waals surface area contributed by atoms with Gasteiger partial charge in [0.15, 0.2) is 9.84 Å². The van der Waals surface area contributed by atoms with Gasteiger partial charge in [0.2, 0.25) is 0 Å². The molecular weight excluding hydrogens is 298 g/mol. The van der Waals surface area contributed by atoms with Crippen molar-refractivity contribution in [3.8, 4) is 0 Å². The third kappa shape index (κ3) is 2.26. The molecule has 1 aromatic heterocycles. The Morgan fingerprint density at radius 1 is 1.23 bits per heavy atom. The number of nitrogens with zero attached hydrogens (tertiary/aromatic N) is 2. The minimum atomic E-state index is -3.23. The molecule has 2 aliphatic rings. The molecule has 2 fully saturated rings. The molecular formula is C16H19N3O2S. The lowest BCUT2D eigenvalue weighted by atomic mass is 9.54. The average Bonchev–Trinajstić information content (AvgIpc) is 2.38. The molecule has 116 valence electrons. The zero-order valence-electron chi connectivity index (χ0n) is 12.5. The lowest BCUT2D eigenvalue weighted by molar-refractivity contribution is 0.0191. The quantitative estimate of drug-likeness (QED) is 0.942. The molecule has 0 radical (unpaired) electrons. The molecule has 0 amide bonds. The lowest BCUT2D eigenvalue weighted by Gasteiger charge is -2.54. The number of hydrogen-bond acceptors (Lipinski definition) is 5. The van der Waals surface area contributed by atoms with Crippen LogP contribution in [0, 0.1) is 5.41 Å². The topological polar surface area (TPSA) is 72.0 Å². The Balaban J connectivity index is 1.65. The van der Waals surface area contributed by atoms with E-state index in [1.165, 1.54) is 44.7 Å². The molecule has 5 nitrogen and oxygen atoms in total. The van der Waals surface area contributed by atoms with Crippen molar-refractivity contribution in [2.75, 3.05) is 11.6 Å². The van der Waals surface area contributed by atoms with Gasteiger partial charge in [-0.1, -0.05) is 6.42 Å². The van der Waals surface area contributed by atoms with Gasteiger partial charge in [0.25, 0.3) is 0 Å². The second-order valence-electron chi connectivity index (χ2n) is 6.78. The second-order valence-corrected chi connectivity index (χ2v) is 8.79. The third-order valence-corrected chi connectivity index (χ3v) is 6.26. The van der Waals surface area contributed by atoms with Gasteiger partial charge in [0, 0.05) is 17.7 Å². The van der Waals surface area contributed by atoms with Crippen LogP contribution in [0.4, 0.5) is 5.82 Å². The van der Waals surface area contributed by atoms with Gasteiger partial charge in [0.05, 0.1) is 10.4 Å². The molecule has 0 bridgehead atoms. The van der Waals surface area contributed by atoms with E-state index < -0.39 is 9.84 Å². The zero-order valence-corrected chi connectivity index (χ0v) is 13.4. The first kappa shape index (κ1) is 13.9. The summed E-state index contributed by atoms with van der Waals surface area (Å²) in [5.74, 6) is 0.745. The molecule has 1 N–H and O–H groups in total. The normalized spacial score (nSPS) is 20.6. The maximum absolute atomic E-state index is 11.7. The number of fused-ring (bicyclic) bond motifs is 1. The number of sulfone groups is 1. The summed E-state index contributed by atoms with van der Waals surface area (Å²) in [5.41, 5.74) is 1.36. The lowest BCUT2D eigenvalue weighted by Crippen LogP contribution is -2.49. The number of nitrogens with one attached hydrogen (secondary N) is 1. The minimum absolute atomic E-state index is 0.307. The molecule has 0 atom stereocenters.